The van der Waals surface area contributed by atoms with Gasteiger partial charge in [-0.25, -0.2) is 4.98 Å². The molecule has 0 radical (unpaired) electrons. The number of imidazole rings is 1. The summed E-state index contributed by atoms with van der Waals surface area (Å²) in [5.41, 5.74) is 11.7. The molecule has 7 rings (SSSR count). The van der Waals surface area contributed by atoms with E-state index < -0.39 is 0 Å². The summed E-state index contributed by atoms with van der Waals surface area (Å²) in [7, 11) is 0. The van der Waals surface area contributed by atoms with Crippen LogP contribution in [0.25, 0.3) is 55.7 Å². The number of hydrogen-bond acceptors (Lipinski definition) is 1. The lowest BCUT2D eigenvalue weighted by atomic mass is 9.85. The summed E-state index contributed by atoms with van der Waals surface area (Å²) in [5.74, 6) is 0. The van der Waals surface area contributed by atoms with Crippen molar-refractivity contribution in [1.29, 1.82) is 0 Å². The third-order valence-electron chi connectivity index (χ3n) is 8.46. The van der Waals surface area contributed by atoms with Gasteiger partial charge in [-0.3, -0.25) is 4.40 Å². The van der Waals surface area contributed by atoms with Crippen LogP contribution in [0.2, 0.25) is 0 Å². The molecule has 4 aromatic carbocycles. The zero-order valence-electron chi connectivity index (χ0n) is 25.3. The fourth-order valence-corrected chi connectivity index (χ4v) is 6.08. The van der Waals surface area contributed by atoms with E-state index in [1.807, 2.05) is 0 Å². The van der Waals surface area contributed by atoms with Gasteiger partial charge >= 0.3 is 0 Å². The molecular weight excluding hydrogens is 510 g/mol. The fraction of sp³-hybridized carbons (Fsp3) is 0.205. The predicted octanol–water partition coefficient (Wildman–Crippen LogP) is 10.4. The van der Waals surface area contributed by atoms with Crippen molar-refractivity contribution in [3.05, 3.63) is 127 Å². The molecular formula is C39H37N3. The Bertz CT molecular complexity index is 2010. The van der Waals surface area contributed by atoms with Crippen LogP contribution in [0.1, 0.15) is 52.7 Å². The smallest absolute Gasteiger partial charge is 0.140 e. The van der Waals surface area contributed by atoms with E-state index in [-0.39, 0.29) is 10.8 Å². The third-order valence-corrected chi connectivity index (χ3v) is 8.46. The van der Waals surface area contributed by atoms with E-state index in [0.29, 0.717) is 0 Å². The Morgan fingerprint density at radius 2 is 1.07 bits per heavy atom. The normalized spacial score (nSPS) is 12.5. The Kier molecular flexibility index (Phi) is 5.92. The number of hydrogen-bond donors (Lipinski definition) is 0. The quantitative estimate of drug-likeness (QED) is 0.216. The summed E-state index contributed by atoms with van der Waals surface area (Å²) in [6, 6.07) is 39.5. The largest absolute Gasteiger partial charge is 0.309 e. The Morgan fingerprint density at radius 3 is 1.60 bits per heavy atom. The molecule has 0 amide bonds. The number of rotatable bonds is 3. The van der Waals surface area contributed by atoms with Gasteiger partial charge in [0.25, 0.3) is 0 Å². The molecule has 0 saturated carbocycles. The minimum atomic E-state index is 0.0701. The van der Waals surface area contributed by atoms with Crippen molar-refractivity contribution in [2.45, 2.75) is 52.4 Å². The first-order chi connectivity index (χ1) is 20.1. The molecule has 0 spiro atoms. The molecule has 0 fully saturated rings. The van der Waals surface area contributed by atoms with E-state index >= 15 is 0 Å². The number of benzene rings is 4. The number of nitrogens with zero attached hydrogens (tertiary/aromatic N) is 3. The topological polar surface area (TPSA) is 22.2 Å². The Morgan fingerprint density at radius 1 is 0.548 bits per heavy atom. The van der Waals surface area contributed by atoms with Crippen molar-refractivity contribution in [1.82, 2.24) is 14.0 Å². The molecule has 0 aliphatic carbocycles. The molecule has 3 aromatic heterocycles. The first kappa shape index (κ1) is 26.3. The van der Waals surface area contributed by atoms with Gasteiger partial charge < -0.3 is 4.57 Å². The van der Waals surface area contributed by atoms with Crippen LogP contribution < -0.4 is 0 Å². The minimum Gasteiger partial charge on any atom is -0.309 e. The van der Waals surface area contributed by atoms with Gasteiger partial charge in [0.05, 0.1) is 28.1 Å². The zero-order chi connectivity index (χ0) is 29.2. The molecule has 208 valence electrons. The van der Waals surface area contributed by atoms with Crippen molar-refractivity contribution in [2.24, 2.45) is 0 Å². The van der Waals surface area contributed by atoms with Gasteiger partial charge in [-0.05, 0) is 52.3 Å². The summed E-state index contributed by atoms with van der Waals surface area (Å²) >= 11 is 0. The second-order valence-electron chi connectivity index (χ2n) is 13.5. The Balaban J connectivity index is 1.51. The predicted molar refractivity (Wildman–Crippen MR) is 178 cm³/mol. The minimum absolute atomic E-state index is 0.0701. The summed E-state index contributed by atoms with van der Waals surface area (Å²) in [6.45, 7) is 13.7. The molecule has 0 unspecified atom stereocenters. The van der Waals surface area contributed by atoms with Gasteiger partial charge in [0, 0.05) is 34.2 Å². The molecule has 3 nitrogen and oxygen atoms in total. The van der Waals surface area contributed by atoms with Gasteiger partial charge in [-0.1, -0.05) is 114 Å². The first-order valence-electron chi connectivity index (χ1n) is 14.8. The summed E-state index contributed by atoms with van der Waals surface area (Å²) < 4.78 is 4.63. The van der Waals surface area contributed by atoms with Gasteiger partial charge in [-0.2, -0.15) is 0 Å². The van der Waals surface area contributed by atoms with Gasteiger partial charge in [-0.15, -0.1) is 0 Å². The average molecular weight is 548 g/mol. The summed E-state index contributed by atoms with van der Waals surface area (Å²) in [4.78, 5) is 5.23. The second-order valence-corrected chi connectivity index (χ2v) is 13.5. The van der Waals surface area contributed by atoms with E-state index in [2.05, 4.69) is 166 Å². The Hall–Kier alpha value is -4.63. The van der Waals surface area contributed by atoms with Crippen LogP contribution in [0.15, 0.2) is 115 Å². The summed E-state index contributed by atoms with van der Waals surface area (Å²) in [5, 5.41) is 2.59. The van der Waals surface area contributed by atoms with Crippen molar-refractivity contribution in [3.63, 3.8) is 0 Å². The van der Waals surface area contributed by atoms with E-state index in [4.69, 9.17) is 4.98 Å². The van der Waals surface area contributed by atoms with E-state index in [1.165, 1.54) is 32.9 Å². The van der Waals surface area contributed by atoms with Crippen LogP contribution >= 0.6 is 0 Å². The highest BCUT2D eigenvalue weighted by molar-refractivity contribution is 6.10. The van der Waals surface area contributed by atoms with Crippen LogP contribution in [0.4, 0.5) is 0 Å². The third kappa shape index (κ3) is 4.32. The maximum Gasteiger partial charge on any atom is 0.140 e. The van der Waals surface area contributed by atoms with Crippen molar-refractivity contribution in [2.75, 3.05) is 0 Å². The van der Waals surface area contributed by atoms with Crippen LogP contribution in [0.5, 0.6) is 0 Å². The molecule has 3 heteroatoms. The summed E-state index contributed by atoms with van der Waals surface area (Å²) in [6.07, 6.45) is 2.18. The average Bonchev–Trinajstić information content (AvgIpc) is 3.52. The van der Waals surface area contributed by atoms with Crippen molar-refractivity contribution < 1.29 is 0 Å². The first-order valence-corrected chi connectivity index (χ1v) is 14.8. The second kappa shape index (κ2) is 9.46. The molecule has 0 atom stereocenters. The SMILES string of the molecule is CC(C)(C)c1ccc2c(c1)c1cc(C(C)(C)C)ccc1n2-c1ccn2c(-c3ccccc3)c(-c3ccccc3)nc2c1. The molecule has 0 aliphatic heterocycles. The molecule has 0 N–H and O–H groups in total. The highest BCUT2D eigenvalue weighted by Gasteiger charge is 2.22. The van der Waals surface area contributed by atoms with Crippen molar-refractivity contribution in [3.8, 4) is 28.2 Å². The standard InChI is InChI=1S/C39H37N3/c1-38(2,3)28-17-19-33-31(23-28)32-24-29(39(4,5)6)18-20-34(32)42(33)30-21-22-41-35(25-30)40-36(26-13-9-7-10-14-26)37(41)27-15-11-8-12-16-27/h7-25H,1-6H3. The molecule has 3 heterocycles. The number of pyridine rings is 1. The van der Waals surface area contributed by atoms with Crippen LogP contribution in [0, 0.1) is 0 Å². The molecule has 0 bridgehead atoms. The monoisotopic (exact) mass is 547 g/mol. The van der Waals surface area contributed by atoms with E-state index in [1.54, 1.807) is 0 Å². The molecule has 0 saturated heterocycles. The lowest BCUT2D eigenvalue weighted by Gasteiger charge is -2.19. The molecule has 0 aliphatic rings. The lowest BCUT2D eigenvalue weighted by molar-refractivity contribution is 0.590. The van der Waals surface area contributed by atoms with Crippen LogP contribution in [0.3, 0.4) is 0 Å². The van der Waals surface area contributed by atoms with E-state index in [0.717, 1.165) is 33.8 Å². The van der Waals surface area contributed by atoms with Gasteiger partial charge in [0.15, 0.2) is 0 Å². The van der Waals surface area contributed by atoms with Gasteiger partial charge in [0.2, 0.25) is 0 Å². The van der Waals surface area contributed by atoms with Gasteiger partial charge in [0.1, 0.15) is 5.65 Å². The van der Waals surface area contributed by atoms with Crippen LogP contribution in [-0.2, 0) is 10.8 Å². The highest BCUT2D eigenvalue weighted by Crippen LogP contribution is 2.39. The van der Waals surface area contributed by atoms with Crippen molar-refractivity contribution >= 4 is 27.5 Å². The maximum absolute atomic E-state index is 5.23. The van der Waals surface area contributed by atoms with Crippen LogP contribution in [-0.4, -0.2) is 14.0 Å². The lowest BCUT2D eigenvalue weighted by Crippen LogP contribution is -2.10. The molecule has 7 aromatic rings. The highest BCUT2D eigenvalue weighted by atomic mass is 15.0. The van der Waals surface area contributed by atoms with E-state index in [9.17, 15) is 0 Å². The zero-order valence-corrected chi connectivity index (χ0v) is 25.3. The number of fused-ring (bicyclic) bond motifs is 4. The maximum atomic E-state index is 5.23. The fourth-order valence-electron chi connectivity index (χ4n) is 6.08. The number of aromatic nitrogens is 3. The Labute approximate surface area is 248 Å². The molecule has 42 heavy (non-hydrogen) atoms.